The highest BCUT2D eigenvalue weighted by Gasteiger charge is 2.27. The van der Waals surface area contributed by atoms with Crippen LogP contribution < -0.4 is 10.9 Å². The summed E-state index contributed by atoms with van der Waals surface area (Å²) in [4.78, 5) is 15.8. The Kier molecular flexibility index (Phi) is 5.79. The highest BCUT2D eigenvalue weighted by Crippen LogP contribution is 2.34. The molecule has 0 aliphatic rings. The summed E-state index contributed by atoms with van der Waals surface area (Å²) in [5.74, 6) is -3.38. The molecule has 0 aliphatic heterocycles. The van der Waals surface area contributed by atoms with Gasteiger partial charge < -0.3 is 10.2 Å². The van der Waals surface area contributed by atoms with Gasteiger partial charge in [-0.2, -0.15) is 0 Å². The SMILES string of the molecule is NC(=O)c1nc(-c2c(F)cccc2F)oc1-c1ccc(C(c2ccccc2)S(N)(=O)=O)cc1. The number of hydrogen-bond acceptors (Lipinski definition) is 5. The fourth-order valence-electron chi connectivity index (χ4n) is 3.50. The number of primary amides is 1. The monoisotopic (exact) mass is 469 g/mol. The van der Waals surface area contributed by atoms with E-state index in [0.717, 1.165) is 12.1 Å². The zero-order valence-corrected chi connectivity index (χ0v) is 17.7. The number of nitrogens with two attached hydrogens (primary N) is 2. The number of amides is 1. The number of rotatable bonds is 6. The van der Waals surface area contributed by atoms with E-state index in [4.69, 9.17) is 15.3 Å². The maximum Gasteiger partial charge on any atom is 0.271 e. The van der Waals surface area contributed by atoms with E-state index < -0.39 is 44.3 Å². The molecule has 4 aromatic rings. The molecule has 0 fully saturated rings. The van der Waals surface area contributed by atoms with Gasteiger partial charge in [-0.3, -0.25) is 4.79 Å². The zero-order valence-electron chi connectivity index (χ0n) is 16.9. The molecule has 10 heteroatoms. The van der Waals surface area contributed by atoms with Gasteiger partial charge in [0, 0.05) is 5.56 Å². The Hall–Kier alpha value is -3.89. The molecule has 0 spiro atoms. The van der Waals surface area contributed by atoms with Crippen LogP contribution in [0.4, 0.5) is 8.78 Å². The van der Waals surface area contributed by atoms with E-state index in [0.29, 0.717) is 16.7 Å². The molecule has 168 valence electrons. The lowest BCUT2D eigenvalue weighted by Crippen LogP contribution is -2.22. The third-order valence-electron chi connectivity index (χ3n) is 4.94. The summed E-state index contributed by atoms with van der Waals surface area (Å²) >= 11 is 0. The lowest BCUT2D eigenvalue weighted by Gasteiger charge is -2.16. The molecule has 0 aliphatic carbocycles. The van der Waals surface area contributed by atoms with Gasteiger partial charge in [-0.1, -0.05) is 60.7 Å². The van der Waals surface area contributed by atoms with Crippen molar-refractivity contribution in [2.45, 2.75) is 5.25 Å². The molecule has 4 N–H and O–H groups in total. The average Bonchev–Trinajstić information content (AvgIpc) is 3.19. The van der Waals surface area contributed by atoms with Crippen molar-refractivity contribution < 1.29 is 26.4 Å². The summed E-state index contributed by atoms with van der Waals surface area (Å²) in [5.41, 5.74) is 5.66. The summed E-state index contributed by atoms with van der Waals surface area (Å²) in [6, 6.07) is 17.6. The molecule has 0 bridgehead atoms. The Labute approximate surface area is 187 Å². The first-order valence-corrected chi connectivity index (χ1v) is 11.2. The largest absolute Gasteiger partial charge is 0.435 e. The number of sulfonamides is 1. The molecule has 0 saturated heterocycles. The van der Waals surface area contributed by atoms with Gasteiger partial charge in [0.05, 0.1) is 0 Å². The van der Waals surface area contributed by atoms with Crippen LogP contribution >= 0.6 is 0 Å². The third-order valence-corrected chi connectivity index (χ3v) is 6.15. The van der Waals surface area contributed by atoms with Gasteiger partial charge >= 0.3 is 0 Å². The normalized spacial score (nSPS) is 12.5. The summed E-state index contributed by atoms with van der Waals surface area (Å²) in [6.45, 7) is 0. The molecule has 0 radical (unpaired) electrons. The number of halogens is 2. The van der Waals surface area contributed by atoms with Crippen molar-refractivity contribution in [3.05, 3.63) is 101 Å². The molecule has 3 aromatic carbocycles. The zero-order chi connectivity index (χ0) is 23.8. The summed E-state index contributed by atoms with van der Waals surface area (Å²) in [6.07, 6.45) is 0. The second-order valence-corrected chi connectivity index (χ2v) is 8.81. The molecule has 0 saturated carbocycles. The number of carbonyl (C=O) groups is 1. The van der Waals surface area contributed by atoms with Gasteiger partial charge in [-0.05, 0) is 23.3 Å². The number of benzene rings is 3. The fourth-order valence-corrected chi connectivity index (χ4v) is 4.57. The molecule has 1 heterocycles. The first-order chi connectivity index (χ1) is 15.7. The van der Waals surface area contributed by atoms with Crippen molar-refractivity contribution in [2.24, 2.45) is 10.9 Å². The van der Waals surface area contributed by atoms with Gasteiger partial charge in [0.15, 0.2) is 11.5 Å². The van der Waals surface area contributed by atoms with Crippen molar-refractivity contribution in [3.63, 3.8) is 0 Å². The van der Waals surface area contributed by atoms with Crippen LogP contribution in [0.1, 0.15) is 26.9 Å². The van der Waals surface area contributed by atoms with E-state index in [1.54, 1.807) is 30.3 Å². The Bertz CT molecular complexity index is 1420. The van der Waals surface area contributed by atoms with Crippen LogP contribution in [0, 0.1) is 11.6 Å². The second kappa shape index (κ2) is 8.57. The van der Waals surface area contributed by atoms with Gasteiger partial charge in [0.25, 0.3) is 5.91 Å². The van der Waals surface area contributed by atoms with Crippen LogP contribution in [-0.4, -0.2) is 19.3 Å². The molecule has 33 heavy (non-hydrogen) atoms. The summed E-state index contributed by atoms with van der Waals surface area (Å²) < 4.78 is 58.4. The minimum atomic E-state index is -4.00. The molecule has 1 amide bonds. The maximum absolute atomic E-state index is 14.2. The Morgan fingerprint density at radius 3 is 2.00 bits per heavy atom. The highest BCUT2D eigenvalue weighted by molar-refractivity contribution is 7.89. The van der Waals surface area contributed by atoms with E-state index >= 15 is 0 Å². The third kappa shape index (κ3) is 4.38. The van der Waals surface area contributed by atoms with Gasteiger partial charge in [0.2, 0.25) is 15.9 Å². The van der Waals surface area contributed by atoms with Crippen molar-refractivity contribution in [1.29, 1.82) is 0 Å². The molecule has 4 rings (SSSR count). The number of aromatic nitrogens is 1. The molecule has 1 unspecified atom stereocenters. The average molecular weight is 469 g/mol. The van der Waals surface area contributed by atoms with Gasteiger partial charge in [-0.25, -0.2) is 27.3 Å². The van der Waals surface area contributed by atoms with Crippen LogP contribution in [0.2, 0.25) is 0 Å². The minimum absolute atomic E-state index is 0.112. The first kappa shape index (κ1) is 22.3. The van der Waals surface area contributed by atoms with Crippen LogP contribution in [-0.2, 0) is 10.0 Å². The van der Waals surface area contributed by atoms with E-state index in [1.165, 1.54) is 30.3 Å². The predicted molar refractivity (Wildman–Crippen MR) is 117 cm³/mol. The number of primary sulfonamides is 1. The lowest BCUT2D eigenvalue weighted by atomic mass is 10.0. The Balaban J connectivity index is 1.79. The molecule has 1 atom stereocenters. The maximum atomic E-state index is 14.2. The minimum Gasteiger partial charge on any atom is -0.435 e. The van der Waals surface area contributed by atoms with E-state index in [2.05, 4.69) is 4.98 Å². The highest BCUT2D eigenvalue weighted by atomic mass is 32.2. The first-order valence-electron chi connectivity index (χ1n) is 9.58. The number of carbonyl (C=O) groups excluding carboxylic acids is 1. The molecule has 7 nitrogen and oxygen atoms in total. The summed E-state index contributed by atoms with van der Waals surface area (Å²) in [5, 5.41) is 4.34. The van der Waals surface area contributed by atoms with Crippen molar-refractivity contribution >= 4 is 15.9 Å². The van der Waals surface area contributed by atoms with Gasteiger partial charge in [-0.15, -0.1) is 0 Å². The van der Waals surface area contributed by atoms with Crippen LogP contribution in [0.5, 0.6) is 0 Å². The van der Waals surface area contributed by atoms with Gasteiger partial charge in [0.1, 0.15) is 22.4 Å². The number of nitrogens with zero attached hydrogens (tertiary/aromatic N) is 1. The molecule has 1 aromatic heterocycles. The van der Waals surface area contributed by atoms with E-state index in [1.807, 2.05) is 0 Å². The smallest absolute Gasteiger partial charge is 0.271 e. The van der Waals surface area contributed by atoms with Crippen LogP contribution in [0.3, 0.4) is 0 Å². The van der Waals surface area contributed by atoms with E-state index in [-0.39, 0.29) is 11.5 Å². The van der Waals surface area contributed by atoms with E-state index in [9.17, 15) is 22.0 Å². The number of oxazole rings is 1. The lowest BCUT2D eigenvalue weighted by molar-refractivity contribution is 0.0996. The number of hydrogen-bond donors (Lipinski definition) is 2. The van der Waals surface area contributed by atoms with Crippen LogP contribution in [0.25, 0.3) is 22.8 Å². The van der Waals surface area contributed by atoms with Crippen molar-refractivity contribution in [3.8, 4) is 22.8 Å². The summed E-state index contributed by atoms with van der Waals surface area (Å²) in [7, 11) is -4.00. The fraction of sp³-hybridized carbons (Fsp3) is 0.0435. The molecular weight excluding hydrogens is 452 g/mol. The second-order valence-electron chi connectivity index (χ2n) is 7.16. The Morgan fingerprint density at radius 2 is 1.45 bits per heavy atom. The quantitative estimate of drug-likeness (QED) is 0.444. The van der Waals surface area contributed by atoms with Crippen molar-refractivity contribution in [1.82, 2.24) is 4.98 Å². The standard InChI is InChI=1S/C23H17F2N3O4S/c24-16-7-4-8-17(25)18(16)23-28-19(22(26)29)20(32-23)13-9-11-15(12-10-13)21(33(27,30)31)14-5-2-1-3-6-14/h1-12,21H,(H2,26,29)(H2,27,30,31). The van der Waals surface area contributed by atoms with Crippen LogP contribution in [0.15, 0.2) is 77.2 Å². The predicted octanol–water partition coefficient (Wildman–Crippen LogP) is 3.76. The molecular formula is C23H17F2N3O4S. The van der Waals surface area contributed by atoms with Crippen molar-refractivity contribution in [2.75, 3.05) is 0 Å². The Morgan fingerprint density at radius 1 is 0.879 bits per heavy atom. The topological polar surface area (TPSA) is 129 Å².